The van der Waals surface area contributed by atoms with Crippen molar-refractivity contribution < 1.29 is 30.0 Å². The summed E-state index contributed by atoms with van der Waals surface area (Å²) in [6.45, 7) is 3.45. The number of benzene rings is 1. The topological polar surface area (TPSA) is 107 Å². The normalized spacial score (nSPS) is 13.8. The highest BCUT2D eigenvalue weighted by Gasteiger charge is 2.18. The van der Waals surface area contributed by atoms with Gasteiger partial charge in [0.2, 0.25) is 0 Å². The van der Waals surface area contributed by atoms with Crippen LogP contribution in [0.3, 0.4) is 0 Å². The summed E-state index contributed by atoms with van der Waals surface area (Å²) in [7, 11) is 0. The third-order valence-corrected chi connectivity index (χ3v) is 2.69. The van der Waals surface area contributed by atoms with E-state index in [0.717, 1.165) is 12.1 Å². The van der Waals surface area contributed by atoms with Crippen molar-refractivity contribution in [2.45, 2.75) is 38.9 Å². The number of carbonyl (C=O) groups is 1. The largest absolute Gasteiger partial charge is 0.504 e. The Bertz CT molecular complexity index is 433. The third-order valence-electron chi connectivity index (χ3n) is 2.69. The van der Waals surface area contributed by atoms with Gasteiger partial charge in [-0.05, 0) is 25.5 Å². The molecule has 1 rings (SSSR count). The molecule has 0 fully saturated rings. The zero-order valence-corrected chi connectivity index (χ0v) is 10.8. The van der Waals surface area contributed by atoms with Crippen molar-refractivity contribution in [1.82, 2.24) is 0 Å². The predicted molar refractivity (Wildman–Crippen MR) is 67.2 cm³/mol. The molecule has 6 heteroatoms. The zero-order valence-electron chi connectivity index (χ0n) is 10.8. The van der Waals surface area contributed by atoms with Gasteiger partial charge in [0.25, 0.3) is 0 Å². The van der Waals surface area contributed by atoms with Gasteiger partial charge in [-0.25, -0.2) is 4.79 Å². The molecule has 0 heterocycles. The number of aromatic hydroxyl groups is 3. The Hall–Kier alpha value is -1.95. The van der Waals surface area contributed by atoms with Gasteiger partial charge in [0, 0.05) is 6.42 Å². The van der Waals surface area contributed by atoms with Gasteiger partial charge in [-0.1, -0.05) is 6.92 Å². The second-order valence-electron chi connectivity index (χ2n) is 4.38. The molecule has 106 valence electrons. The summed E-state index contributed by atoms with van der Waals surface area (Å²) in [6.07, 6.45) is -0.189. The number of hydrogen-bond acceptors (Lipinski definition) is 6. The Kier molecular flexibility index (Phi) is 5.00. The van der Waals surface area contributed by atoms with E-state index in [2.05, 4.69) is 0 Å². The van der Waals surface area contributed by atoms with Crippen LogP contribution in [0.2, 0.25) is 0 Å². The van der Waals surface area contributed by atoms with Crippen LogP contribution in [-0.2, 0) is 4.74 Å². The molecule has 0 aliphatic carbocycles. The SMILES string of the molecule is CCC(O)CC(C)OC(=O)c1cc(O)c(O)c(O)c1. The molecule has 0 amide bonds. The fourth-order valence-corrected chi connectivity index (χ4v) is 1.57. The number of hydrogen-bond donors (Lipinski definition) is 4. The lowest BCUT2D eigenvalue weighted by atomic mass is 10.1. The second-order valence-corrected chi connectivity index (χ2v) is 4.38. The molecule has 0 aliphatic rings. The Labute approximate surface area is 110 Å². The lowest BCUT2D eigenvalue weighted by Crippen LogP contribution is -2.20. The van der Waals surface area contributed by atoms with E-state index in [4.69, 9.17) is 9.84 Å². The fourth-order valence-electron chi connectivity index (χ4n) is 1.57. The van der Waals surface area contributed by atoms with Crippen LogP contribution in [0.4, 0.5) is 0 Å². The van der Waals surface area contributed by atoms with Crippen molar-refractivity contribution in [3.63, 3.8) is 0 Å². The van der Waals surface area contributed by atoms with Gasteiger partial charge in [0.15, 0.2) is 17.2 Å². The quantitative estimate of drug-likeness (QED) is 0.477. The third kappa shape index (κ3) is 4.03. The molecule has 0 radical (unpaired) electrons. The summed E-state index contributed by atoms with van der Waals surface area (Å²) < 4.78 is 5.06. The second kappa shape index (κ2) is 6.29. The van der Waals surface area contributed by atoms with E-state index in [1.165, 1.54) is 0 Å². The van der Waals surface area contributed by atoms with Crippen LogP contribution in [0.15, 0.2) is 12.1 Å². The number of aliphatic hydroxyl groups excluding tert-OH is 1. The molecule has 4 N–H and O–H groups in total. The maximum atomic E-state index is 11.7. The lowest BCUT2D eigenvalue weighted by Gasteiger charge is -2.16. The van der Waals surface area contributed by atoms with E-state index < -0.39 is 35.4 Å². The van der Waals surface area contributed by atoms with Crippen LogP contribution in [0.5, 0.6) is 17.2 Å². The number of esters is 1. The lowest BCUT2D eigenvalue weighted by molar-refractivity contribution is 0.0196. The minimum atomic E-state index is -0.749. The highest BCUT2D eigenvalue weighted by Crippen LogP contribution is 2.35. The summed E-state index contributed by atoms with van der Waals surface area (Å²) in [5, 5.41) is 37.2. The van der Waals surface area contributed by atoms with Crippen LogP contribution in [0, 0.1) is 0 Å². The first-order valence-electron chi connectivity index (χ1n) is 5.99. The van der Waals surface area contributed by atoms with Crippen molar-refractivity contribution in [3.05, 3.63) is 17.7 Å². The Balaban J connectivity index is 2.73. The van der Waals surface area contributed by atoms with Crippen LogP contribution in [-0.4, -0.2) is 38.6 Å². The molecule has 0 saturated heterocycles. The van der Waals surface area contributed by atoms with Crippen LogP contribution < -0.4 is 0 Å². The Morgan fingerprint density at radius 2 is 1.79 bits per heavy atom. The van der Waals surface area contributed by atoms with E-state index in [9.17, 15) is 20.1 Å². The monoisotopic (exact) mass is 270 g/mol. The average Bonchev–Trinajstić information content (AvgIpc) is 2.34. The van der Waals surface area contributed by atoms with Gasteiger partial charge in [-0.3, -0.25) is 0 Å². The molecular weight excluding hydrogens is 252 g/mol. The highest BCUT2D eigenvalue weighted by atomic mass is 16.5. The summed E-state index contributed by atoms with van der Waals surface area (Å²) in [4.78, 5) is 11.7. The highest BCUT2D eigenvalue weighted by molar-refractivity contribution is 5.91. The van der Waals surface area contributed by atoms with E-state index in [-0.39, 0.29) is 5.56 Å². The number of phenolic OH excluding ortho intramolecular Hbond substituents is 3. The number of ether oxygens (including phenoxy) is 1. The summed E-state index contributed by atoms with van der Waals surface area (Å²) >= 11 is 0. The average molecular weight is 270 g/mol. The van der Waals surface area contributed by atoms with Crippen LogP contribution in [0.25, 0.3) is 0 Å². The molecule has 0 bridgehead atoms. The van der Waals surface area contributed by atoms with Crippen molar-refractivity contribution in [1.29, 1.82) is 0 Å². The van der Waals surface area contributed by atoms with Gasteiger partial charge in [-0.15, -0.1) is 0 Å². The van der Waals surface area contributed by atoms with Crippen molar-refractivity contribution in [2.75, 3.05) is 0 Å². The van der Waals surface area contributed by atoms with E-state index in [1.807, 2.05) is 6.92 Å². The van der Waals surface area contributed by atoms with Crippen molar-refractivity contribution >= 4 is 5.97 Å². The predicted octanol–water partition coefficient (Wildman–Crippen LogP) is 1.51. The summed E-state index contributed by atoms with van der Waals surface area (Å²) in [5.41, 5.74) is -0.0781. The first-order chi connectivity index (χ1) is 8.85. The zero-order chi connectivity index (χ0) is 14.6. The van der Waals surface area contributed by atoms with Gasteiger partial charge in [0.1, 0.15) is 6.10 Å². The van der Waals surface area contributed by atoms with Crippen LogP contribution >= 0.6 is 0 Å². The maximum absolute atomic E-state index is 11.7. The standard InChI is InChI=1S/C13H18O6/c1-3-9(14)4-7(2)19-13(18)8-5-10(15)12(17)11(16)6-8/h5-7,9,14-17H,3-4H2,1-2H3. The number of rotatable bonds is 5. The van der Waals surface area contributed by atoms with E-state index in [0.29, 0.717) is 12.8 Å². The first kappa shape index (κ1) is 15.1. The smallest absolute Gasteiger partial charge is 0.338 e. The van der Waals surface area contributed by atoms with E-state index >= 15 is 0 Å². The molecule has 0 spiro atoms. The Morgan fingerprint density at radius 3 is 2.26 bits per heavy atom. The fraction of sp³-hybridized carbons (Fsp3) is 0.462. The molecule has 6 nitrogen and oxygen atoms in total. The summed E-state index contributed by atoms with van der Waals surface area (Å²) in [6, 6.07) is 2.00. The summed E-state index contributed by atoms with van der Waals surface area (Å²) in [5.74, 6) is -2.64. The minimum absolute atomic E-state index is 0.0781. The maximum Gasteiger partial charge on any atom is 0.338 e. The number of carbonyl (C=O) groups excluding carboxylic acids is 1. The molecule has 1 aromatic rings. The number of phenols is 3. The molecular formula is C13H18O6. The van der Waals surface area contributed by atoms with Gasteiger partial charge in [-0.2, -0.15) is 0 Å². The molecule has 19 heavy (non-hydrogen) atoms. The Morgan fingerprint density at radius 1 is 1.26 bits per heavy atom. The molecule has 0 saturated carbocycles. The molecule has 1 aromatic carbocycles. The van der Waals surface area contributed by atoms with Gasteiger partial charge >= 0.3 is 5.97 Å². The molecule has 0 aliphatic heterocycles. The van der Waals surface area contributed by atoms with Gasteiger partial charge < -0.3 is 25.2 Å². The molecule has 2 unspecified atom stereocenters. The molecule has 0 aromatic heterocycles. The van der Waals surface area contributed by atoms with Crippen molar-refractivity contribution in [3.8, 4) is 17.2 Å². The van der Waals surface area contributed by atoms with Crippen molar-refractivity contribution in [2.24, 2.45) is 0 Å². The number of aliphatic hydroxyl groups is 1. The van der Waals surface area contributed by atoms with Gasteiger partial charge in [0.05, 0.1) is 11.7 Å². The van der Waals surface area contributed by atoms with E-state index in [1.54, 1.807) is 6.92 Å². The molecule has 2 atom stereocenters. The minimum Gasteiger partial charge on any atom is -0.504 e. The first-order valence-corrected chi connectivity index (χ1v) is 5.99. The van der Waals surface area contributed by atoms with Crippen LogP contribution in [0.1, 0.15) is 37.0 Å².